The summed E-state index contributed by atoms with van der Waals surface area (Å²) < 4.78 is 40.7. The molecule has 2 heterocycles. The molecule has 0 aliphatic carbocycles. The van der Waals surface area contributed by atoms with Crippen LogP contribution in [0.3, 0.4) is 0 Å². The van der Waals surface area contributed by atoms with Gasteiger partial charge in [-0.3, -0.25) is 4.79 Å². The van der Waals surface area contributed by atoms with Crippen molar-refractivity contribution in [1.82, 2.24) is 5.53 Å². The summed E-state index contributed by atoms with van der Waals surface area (Å²) in [7, 11) is 0. The molecule has 11 heteroatoms. The molecule has 1 fully saturated rings. The van der Waals surface area contributed by atoms with Crippen molar-refractivity contribution in [2.24, 2.45) is 5.73 Å². The van der Waals surface area contributed by atoms with Crippen molar-refractivity contribution >= 4 is 23.0 Å². The minimum absolute atomic E-state index is 0. The van der Waals surface area contributed by atoms with Gasteiger partial charge in [0.15, 0.2) is 0 Å². The Morgan fingerprint density at radius 1 is 1.04 bits per heavy atom. The topological polar surface area (TPSA) is 114 Å². The number of hydrogen-bond donors (Lipinski definition) is 3. The molecule has 2 aliphatic rings. The quantitative estimate of drug-likeness (QED) is 0.728. The van der Waals surface area contributed by atoms with Crippen LogP contribution in [0.5, 0.6) is 5.75 Å². The molecule has 0 atom stereocenters. The first-order valence-electron chi connectivity index (χ1n) is 7.93. The lowest BCUT2D eigenvalue weighted by molar-refractivity contribution is -0.274. The van der Waals surface area contributed by atoms with E-state index in [0.29, 0.717) is 17.1 Å². The average molecular weight is 395 g/mol. The molecule has 2 aromatic rings. The van der Waals surface area contributed by atoms with Gasteiger partial charge in [-0.05, 0) is 36.4 Å². The highest BCUT2D eigenvalue weighted by Crippen LogP contribution is 2.38. The third-order valence-electron chi connectivity index (χ3n) is 4.08. The number of nitrogens with one attached hydrogen (secondary N) is 2. The monoisotopic (exact) mass is 395 g/mol. The van der Waals surface area contributed by atoms with Gasteiger partial charge < -0.3 is 21.3 Å². The molecule has 148 valence electrons. The van der Waals surface area contributed by atoms with Crippen molar-refractivity contribution in [2.45, 2.75) is 6.36 Å². The van der Waals surface area contributed by atoms with E-state index in [1.807, 2.05) is 24.3 Å². The van der Waals surface area contributed by atoms with Gasteiger partial charge in [-0.2, -0.15) is 0 Å². The number of ether oxygens (including phenoxy) is 1. The number of hydrazine groups is 2. The Morgan fingerprint density at radius 2 is 1.71 bits per heavy atom. The molecule has 0 radical (unpaired) electrons. The Bertz CT molecular complexity index is 930. The molecule has 8 nitrogen and oxygen atoms in total. The molecule has 0 aromatic heterocycles. The molecule has 28 heavy (non-hydrogen) atoms. The Hall–Kier alpha value is -3.28. The normalized spacial score (nSPS) is 15.6. The molecule has 0 unspecified atom stereocenters. The Labute approximate surface area is 157 Å². The van der Waals surface area contributed by atoms with Crippen LogP contribution >= 0.6 is 0 Å². The molecule has 1 amide bonds. The van der Waals surface area contributed by atoms with Gasteiger partial charge in [0.25, 0.3) is 5.91 Å². The summed E-state index contributed by atoms with van der Waals surface area (Å²) in [6.07, 6.45) is -4.78. The standard InChI is InChI=1S/C17H14F3N5O2.H2O/c18-17(19,20)27-11-7-5-10(6-8-11)24-16(26)15-13(9-21)22-12-3-1-2-4-14(12)25(15)23-24;/h1-8,22-23H,9,21H2;1H2. The van der Waals surface area contributed by atoms with E-state index in [-0.39, 0.29) is 23.7 Å². The zero-order valence-electron chi connectivity index (χ0n) is 14.2. The van der Waals surface area contributed by atoms with Crippen LogP contribution in [0.25, 0.3) is 0 Å². The van der Waals surface area contributed by atoms with Crippen LogP contribution in [0.4, 0.5) is 30.2 Å². The van der Waals surface area contributed by atoms with Gasteiger partial charge in [0, 0.05) is 6.54 Å². The number of carbonyl (C=O) groups excluding carboxylic acids is 1. The SMILES string of the molecule is NCC1=C2C(=O)N(c3ccc(OC(F)(F)F)cc3)NN2c2ccccc2N1.O. The molecule has 2 aromatic carbocycles. The molecular formula is C17H16F3N5O3. The van der Waals surface area contributed by atoms with E-state index < -0.39 is 6.36 Å². The van der Waals surface area contributed by atoms with Gasteiger partial charge in [-0.25, -0.2) is 10.0 Å². The zero-order chi connectivity index (χ0) is 19.2. The summed E-state index contributed by atoms with van der Waals surface area (Å²) in [5.41, 5.74) is 11.4. The highest BCUT2D eigenvalue weighted by molar-refractivity contribution is 6.12. The highest BCUT2D eigenvalue weighted by atomic mass is 19.4. The number of nitrogens with two attached hydrogens (primary N) is 1. The molecule has 0 spiro atoms. The highest BCUT2D eigenvalue weighted by Gasteiger charge is 2.40. The number of anilines is 3. The maximum atomic E-state index is 12.9. The van der Waals surface area contributed by atoms with Crippen LogP contribution in [-0.4, -0.2) is 24.3 Å². The number of hydrogen-bond acceptors (Lipinski definition) is 6. The van der Waals surface area contributed by atoms with Crippen LogP contribution in [0.1, 0.15) is 0 Å². The van der Waals surface area contributed by atoms with Crippen LogP contribution in [0.15, 0.2) is 59.9 Å². The maximum Gasteiger partial charge on any atom is 0.573 e. The van der Waals surface area contributed by atoms with E-state index in [4.69, 9.17) is 5.73 Å². The lowest BCUT2D eigenvalue weighted by Gasteiger charge is -2.28. The van der Waals surface area contributed by atoms with E-state index >= 15 is 0 Å². The summed E-state index contributed by atoms with van der Waals surface area (Å²) >= 11 is 0. The largest absolute Gasteiger partial charge is 0.573 e. The van der Waals surface area contributed by atoms with Gasteiger partial charge in [0.05, 0.1) is 22.8 Å². The average Bonchev–Trinajstić information content (AvgIpc) is 2.98. The number of halogens is 3. The van der Waals surface area contributed by atoms with Crippen molar-refractivity contribution in [3.05, 3.63) is 59.9 Å². The molecule has 2 aliphatic heterocycles. The predicted octanol–water partition coefficient (Wildman–Crippen LogP) is 1.63. The Balaban J connectivity index is 0.00000225. The first-order chi connectivity index (χ1) is 12.9. The van der Waals surface area contributed by atoms with E-state index in [2.05, 4.69) is 15.6 Å². The first kappa shape index (κ1) is 19.5. The number of para-hydroxylation sites is 2. The zero-order valence-corrected chi connectivity index (χ0v) is 14.2. The van der Waals surface area contributed by atoms with Crippen molar-refractivity contribution in [3.8, 4) is 5.75 Å². The van der Waals surface area contributed by atoms with Crippen molar-refractivity contribution in [1.29, 1.82) is 0 Å². The number of benzene rings is 2. The summed E-state index contributed by atoms with van der Waals surface area (Å²) in [6.45, 7) is 0.111. The summed E-state index contributed by atoms with van der Waals surface area (Å²) in [4.78, 5) is 12.9. The first-order valence-corrected chi connectivity index (χ1v) is 7.93. The molecule has 0 saturated carbocycles. The summed E-state index contributed by atoms with van der Waals surface area (Å²) in [5, 5.41) is 5.96. The molecule has 6 N–H and O–H groups in total. The van der Waals surface area contributed by atoms with Crippen molar-refractivity contribution < 1.29 is 28.2 Å². The van der Waals surface area contributed by atoms with Gasteiger partial charge in [0.1, 0.15) is 11.4 Å². The van der Waals surface area contributed by atoms with E-state index in [9.17, 15) is 18.0 Å². The lowest BCUT2D eigenvalue weighted by atomic mass is 10.1. The second kappa shape index (κ2) is 7.03. The van der Waals surface area contributed by atoms with Crippen molar-refractivity contribution in [2.75, 3.05) is 21.9 Å². The number of rotatable bonds is 3. The third-order valence-corrected chi connectivity index (χ3v) is 4.08. The number of nitrogens with zero attached hydrogens (tertiary/aromatic N) is 2. The fraction of sp³-hybridized carbons (Fsp3) is 0.118. The van der Waals surface area contributed by atoms with Crippen molar-refractivity contribution in [3.63, 3.8) is 0 Å². The minimum Gasteiger partial charge on any atom is -0.412 e. The molecule has 0 bridgehead atoms. The molecule has 4 rings (SSSR count). The Kier molecular flexibility index (Phi) is 4.89. The van der Waals surface area contributed by atoms with Crippen LogP contribution in [0.2, 0.25) is 0 Å². The van der Waals surface area contributed by atoms with Crippen LogP contribution in [0, 0.1) is 0 Å². The van der Waals surface area contributed by atoms with Crippen LogP contribution in [-0.2, 0) is 4.79 Å². The fourth-order valence-electron chi connectivity index (χ4n) is 2.95. The van der Waals surface area contributed by atoms with Gasteiger partial charge in [0.2, 0.25) is 0 Å². The smallest absolute Gasteiger partial charge is 0.412 e. The summed E-state index contributed by atoms with van der Waals surface area (Å²) in [5.74, 6) is -0.758. The fourth-order valence-corrected chi connectivity index (χ4v) is 2.95. The van der Waals surface area contributed by atoms with Gasteiger partial charge in [-0.15, -0.1) is 18.7 Å². The Morgan fingerprint density at radius 3 is 2.36 bits per heavy atom. The maximum absolute atomic E-state index is 12.9. The molecular weight excluding hydrogens is 379 g/mol. The van der Waals surface area contributed by atoms with E-state index in [1.165, 1.54) is 17.1 Å². The number of alkyl halides is 3. The van der Waals surface area contributed by atoms with Gasteiger partial charge >= 0.3 is 6.36 Å². The minimum atomic E-state index is -4.78. The van der Waals surface area contributed by atoms with E-state index in [0.717, 1.165) is 23.5 Å². The van der Waals surface area contributed by atoms with Gasteiger partial charge in [-0.1, -0.05) is 12.1 Å². The van der Waals surface area contributed by atoms with E-state index in [1.54, 1.807) is 5.01 Å². The number of carbonyl (C=O) groups is 1. The number of amides is 1. The van der Waals surface area contributed by atoms with Crippen LogP contribution < -0.4 is 31.3 Å². The summed E-state index contributed by atoms with van der Waals surface area (Å²) in [6, 6.07) is 12.3. The lowest BCUT2D eigenvalue weighted by Crippen LogP contribution is -2.41. The molecule has 1 saturated heterocycles. The second-order valence-corrected chi connectivity index (χ2v) is 5.79. The second-order valence-electron chi connectivity index (χ2n) is 5.79. The number of fused-ring (bicyclic) bond motifs is 3. The predicted molar refractivity (Wildman–Crippen MR) is 96.0 cm³/mol. The third kappa shape index (κ3) is 3.33.